The SMILES string of the molecule is CCCCN1C(=O)/C(=C2/Sc3ccc(OC)cc3N2CC)SC1=Nc1ccc(F)cc1. The summed E-state index contributed by atoms with van der Waals surface area (Å²) in [7, 11) is 1.65. The maximum absolute atomic E-state index is 13.4. The molecule has 0 N–H and O–H groups in total. The van der Waals surface area contributed by atoms with E-state index in [1.807, 2.05) is 18.2 Å². The molecule has 2 aliphatic heterocycles. The second-order valence-electron chi connectivity index (χ2n) is 7.10. The second kappa shape index (κ2) is 9.36. The lowest BCUT2D eigenvalue weighted by Gasteiger charge is -2.19. The molecule has 31 heavy (non-hydrogen) atoms. The number of amidine groups is 1. The molecule has 2 aromatic rings. The molecule has 0 saturated carbocycles. The van der Waals surface area contributed by atoms with E-state index in [2.05, 4.69) is 23.7 Å². The van der Waals surface area contributed by atoms with E-state index < -0.39 is 0 Å². The number of fused-ring (bicyclic) bond motifs is 1. The van der Waals surface area contributed by atoms with Crippen molar-refractivity contribution in [1.29, 1.82) is 0 Å². The predicted octanol–water partition coefficient (Wildman–Crippen LogP) is 6.00. The first-order chi connectivity index (χ1) is 15.0. The molecule has 1 saturated heterocycles. The van der Waals surface area contributed by atoms with E-state index in [4.69, 9.17) is 4.74 Å². The number of hydrogen-bond acceptors (Lipinski definition) is 6. The normalized spacial score (nSPS) is 19.5. The molecule has 162 valence electrons. The molecule has 1 fully saturated rings. The maximum atomic E-state index is 13.4. The Morgan fingerprint density at radius 1 is 1.06 bits per heavy atom. The van der Waals surface area contributed by atoms with Gasteiger partial charge in [-0.1, -0.05) is 25.1 Å². The smallest absolute Gasteiger partial charge is 0.269 e. The Hall–Kier alpha value is -2.45. The van der Waals surface area contributed by atoms with Crippen LogP contribution in [0.3, 0.4) is 0 Å². The summed E-state index contributed by atoms with van der Waals surface area (Å²) in [5.74, 6) is 0.455. The third-order valence-electron chi connectivity index (χ3n) is 5.07. The van der Waals surface area contributed by atoms with Crippen molar-refractivity contribution < 1.29 is 13.9 Å². The Labute approximate surface area is 190 Å². The molecule has 4 rings (SSSR count). The minimum absolute atomic E-state index is 0.0277. The van der Waals surface area contributed by atoms with Crippen molar-refractivity contribution in [3.05, 3.63) is 58.2 Å². The summed E-state index contributed by atoms with van der Waals surface area (Å²) in [4.78, 5) is 23.8. The van der Waals surface area contributed by atoms with Gasteiger partial charge in [0.15, 0.2) is 5.17 Å². The van der Waals surface area contributed by atoms with Gasteiger partial charge in [0.1, 0.15) is 21.5 Å². The Bertz CT molecular complexity index is 1050. The fraction of sp³-hybridized carbons (Fsp3) is 0.304. The first kappa shape index (κ1) is 21.8. The number of anilines is 1. The average Bonchev–Trinajstić information content (AvgIpc) is 3.30. The van der Waals surface area contributed by atoms with Gasteiger partial charge in [0, 0.05) is 24.1 Å². The maximum Gasteiger partial charge on any atom is 0.269 e. The van der Waals surface area contributed by atoms with Crippen LogP contribution >= 0.6 is 23.5 Å². The van der Waals surface area contributed by atoms with Gasteiger partial charge in [-0.25, -0.2) is 9.38 Å². The third-order valence-corrected chi connectivity index (χ3v) is 7.45. The highest BCUT2D eigenvalue weighted by atomic mass is 32.2. The first-order valence-electron chi connectivity index (χ1n) is 10.3. The molecular formula is C23H24FN3O2S2. The summed E-state index contributed by atoms with van der Waals surface area (Å²) in [6, 6.07) is 12.0. The minimum Gasteiger partial charge on any atom is -0.497 e. The molecule has 8 heteroatoms. The van der Waals surface area contributed by atoms with Crippen LogP contribution in [-0.2, 0) is 4.79 Å². The molecule has 2 aliphatic rings. The minimum atomic E-state index is -0.307. The summed E-state index contributed by atoms with van der Waals surface area (Å²) in [6.07, 6.45) is 1.87. The van der Waals surface area contributed by atoms with Gasteiger partial charge in [-0.3, -0.25) is 9.69 Å². The molecule has 2 heterocycles. The number of aliphatic imine (C=N–C) groups is 1. The number of rotatable bonds is 6. The molecule has 2 aromatic carbocycles. The van der Waals surface area contributed by atoms with E-state index in [0.29, 0.717) is 22.3 Å². The number of halogens is 1. The lowest BCUT2D eigenvalue weighted by atomic mass is 10.2. The quantitative estimate of drug-likeness (QED) is 0.498. The van der Waals surface area contributed by atoms with E-state index in [0.717, 1.165) is 40.7 Å². The van der Waals surface area contributed by atoms with Crippen LogP contribution in [0.25, 0.3) is 0 Å². The summed E-state index contributed by atoms with van der Waals surface area (Å²) in [6.45, 7) is 5.51. The molecule has 1 amide bonds. The number of ether oxygens (including phenoxy) is 1. The number of unbranched alkanes of at least 4 members (excludes halogenated alkanes) is 1. The van der Waals surface area contributed by atoms with Gasteiger partial charge < -0.3 is 9.64 Å². The van der Waals surface area contributed by atoms with Gasteiger partial charge in [-0.2, -0.15) is 0 Å². The Morgan fingerprint density at radius 3 is 2.52 bits per heavy atom. The first-order valence-corrected chi connectivity index (χ1v) is 11.9. The van der Waals surface area contributed by atoms with Crippen molar-refractivity contribution in [2.24, 2.45) is 4.99 Å². The third kappa shape index (κ3) is 4.32. The molecule has 0 bridgehead atoms. The van der Waals surface area contributed by atoms with Crippen LogP contribution in [0.15, 0.2) is 62.3 Å². The monoisotopic (exact) mass is 457 g/mol. The average molecular weight is 458 g/mol. The van der Waals surface area contributed by atoms with Gasteiger partial charge >= 0.3 is 0 Å². The lowest BCUT2D eigenvalue weighted by molar-refractivity contribution is -0.122. The predicted molar refractivity (Wildman–Crippen MR) is 127 cm³/mol. The zero-order valence-electron chi connectivity index (χ0n) is 17.7. The number of thioether (sulfide) groups is 2. The number of carbonyl (C=O) groups excluding carboxylic acids is 1. The highest BCUT2D eigenvalue weighted by Crippen LogP contribution is 2.51. The zero-order chi connectivity index (χ0) is 22.0. The van der Waals surface area contributed by atoms with Gasteiger partial charge in [0.2, 0.25) is 0 Å². The van der Waals surface area contributed by atoms with Crippen molar-refractivity contribution in [3.63, 3.8) is 0 Å². The van der Waals surface area contributed by atoms with Gasteiger partial charge in [0.25, 0.3) is 5.91 Å². The topological polar surface area (TPSA) is 45.1 Å². The summed E-state index contributed by atoms with van der Waals surface area (Å²) in [5, 5.41) is 1.56. The zero-order valence-corrected chi connectivity index (χ0v) is 19.4. The highest BCUT2D eigenvalue weighted by molar-refractivity contribution is 8.19. The molecule has 5 nitrogen and oxygen atoms in total. The Kier molecular flexibility index (Phi) is 6.57. The van der Waals surface area contributed by atoms with Crippen LogP contribution in [-0.4, -0.2) is 36.2 Å². The van der Waals surface area contributed by atoms with Gasteiger partial charge in [-0.05, 0) is 61.5 Å². The summed E-state index contributed by atoms with van der Waals surface area (Å²) >= 11 is 2.99. The van der Waals surface area contributed by atoms with Crippen molar-refractivity contribution in [2.45, 2.75) is 31.6 Å². The van der Waals surface area contributed by atoms with Crippen molar-refractivity contribution in [3.8, 4) is 5.75 Å². The number of methoxy groups -OCH3 is 1. The van der Waals surface area contributed by atoms with E-state index in [-0.39, 0.29) is 11.7 Å². The second-order valence-corrected chi connectivity index (χ2v) is 9.11. The van der Waals surface area contributed by atoms with Gasteiger partial charge in [0.05, 0.1) is 18.5 Å². The van der Waals surface area contributed by atoms with Crippen LogP contribution in [0.5, 0.6) is 5.75 Å². The number of nitrogens with zero attached hydrogens (tertiary/aromatic N) is 3. The van der Waals surface area contributed by atoms with Crippen LogP contribution in [0.2, 0.25) is 0 Å². The standard InChI is InChI=1S/C23H24FN3O2S2/c1-4-6-13-27-21(28)20(31-23(27)25-16-9-7-15(24)8-10-16)22-26(5-2)18-14-17(29-3)11-12-19(18)30-22/h7-12,14H,4-6,13H2,1-3H3/b22-20-,25-23?. The largest absolute Gasteiger partial charge is 0.497 e. The molecule has 0 aliphatic carbocycles. The fourth-order valence-electron chi connectivity index (χ4n) is 3.43. The molecule has 0 unspecified atom stereocenters. The van der Waals surface area contributed by atoms with Crippen LogP contribution in [0, 0.1) is 5.82 Å². The van der Waals surface area contributed by atoms with E-state index in [1.165, 1.54) is 23.9 Å². The number of carbonyl (C=O) groups is 1. The Balaban J connectivity index is 1.73. The van der Waals surface area contributed by atoms with E-state index >= 15 is 0 Å². The van der Waals surface area contributed by atoms with Crippen LogP contribution in [0.1, 0.15) is 26.7 Å². The van der Waals surface area contributed by atoms with Crippen molar-refractivity contribution in [2.75, 3.05) is 25.1 Å². The van der Waals surface area contributed by atoms with Crippen LogP contribution < -0.4 is 9.64 Å². The van der Waals surface area contributed by atoms with E-state index in [1.54, 1.807) is 35.9 Å². The lowest BCUT2D eigenvalue weighted by Crippen LogP contribution is -2.30. The molecule has 0 aromatic heterocycles. The fourth-order valence-corrected chi connectivity index (χ4v) is 5.83. The highest BCUT2D eigenvalue weighted by Gasteiger charge is 2.39. The molecule has 0 spiro atoms. The molecular weight excluding hydrogens is 433 g/mol. The van der Waals surface area contributed by atoms with Gasteiger partial charge in [-0.15, -0.1) is 0 Å². The molecule has 0 radical (unpaired) electrons. The van der Waals surface area contributed by atoms with Crippen LogP contribution in [0.4, 0.5) is 15.8 Å². The van der Waals surface area contributed by atoms with E-state index in [9.17, 15) is 9.18 Å². The number of benzene rings is 2. The van der Waals surface area contributed by atoms with Crippen molar-refractivity contribution in [1.82, 2.24) is 4.90 Å². The number of hydrogen-bond donors (Lipinski definition) is 0. The van der Waals surface area contributed by atoms with Crippen molar-refractivity contribution >= 4 is 46.0 Å². The summed E-state index contributed by atoms with van der Waals surface area (Å²) < 4.78 is 18.7. The Morgan fingerprint density at radius 2 is 1.84 bits per heavy atom. The number of amides is 1. The summed E-state index contributed by atoms with van der Waals surface area (Å²) in [5.41, 5.74) is 1.68. The molecule has 0 atom stereocenters.